The molecule has 1 rings (SSSR count). The molecule has 0 bridgehead atoms. The normalized spacial score (nSPS) is 11.6. The molecule has 6 heteroatoms. The summed E-state index contributed by atoms with van der Waals surface area (Å²) in [7, 11) is -3.70. The zero-order valence-corrected chi connectivity index (χ0v) is 12.7. The molecule has 0 unspecified atom stereocenters. The molecule has 4 nitrogen and oxygen atoms in total. The average molecular weight is 298 g/mol. The summed E-state index contributed by atoms with van der Waals surface area (Å²) in [5.41, 5.74) is 5.41. The Morgan fingerprint density at radius 2 is 2.05 bits per heavy atom. The van der Waals surface area contributed by atoms with Crippen molar-refractivity contribution in [2.45, 2.75) is 31.7 Å². The molecule has 0 saturated carbocycles. The van der Waals surface area contributed by atoms with Crippen molar-refractivity contribution in [2.24, 2.45) is 5.73 Å². The molecule has 0 radical (unpaired) electrons. The smallest absolute Gasteiger partial charge is 0.244 e. The van der Waals surface area contributed by atoms with Crippen LogP contribution in [0.15, 0.2) is 23.1 Å². The Kier molecular flexibility index (Phi) is 5.69. The molecular formula is C14H19FN2O2S. The van der Waals surface area contributed by atoms with Crippen LogP contribution < -0.4 is 5.73 Å². The van der Waals surface area contributed by atoms with Crippen molar-refractivity contribution in [3.63, 3.8) is 0 Å². The van der Waals surface area contributed by atoms with Crippen LogP contribution in [0.25, 0.3) is 0 Å². The van der Waals surface area contributed by atoms with E-state index in [-0.39, 0.29) is 23.0 Å². The molecule has 0 amide bonds. The Morgan fingerprint density at radius 3 is 2.55 bits per heavy atom. The Balaban J connectivity index is 3.45. The molecule has 1 aromatic rings. The van der Waals surface area contributed by atoms with Gasteiger partial charge in [-0.1, -0.05) is 18.8 Å². The van der Waals surface area contributed by atoms with Gasteiger partial charge in [0.25, 0.3) is 0 Å². The highest BCUT2D eigenvalue weighted by Crippen LogP contribution is 2.22. The first-order valence-electron chi connectivity index (χ1n) is 6.35. The van der Waals surface area contributed by atoms with Gasteiger partial charge in [0.1, 0.15) is 5.82 Å². The zero-order valence-electron chi connectivity index (χ0n) is 11.9. The molecule has 0 atom stereocenters. The van der Waals surface area contributed by atoms with Gasteiger partial charge in [0.05, 0.1) is 11.4 Å². The van der Waals surface area contributed by atoms with Crippen molar-refractivity contribution in [2.75, 3.05) is 13.1 Å². The minimum absolute atomic E-state index is 0.00963. The van der Waals surface area contributed by atoms with Gasteiger partial charge < -0.3 is 5.73 Å². The van der Waals surface area contributed by atoms with Gasteiger partial charge >= 0.3 is 0 Å². The first-order chi connectivity index (χ1) is 9.34. The van der Waals surface area contributed by atoms with Crippen molar-refractivity contribution in [1.29, 1.82) is 0 Å². The second kappa shape index (κ2) is 6.84. The third kappa shape index (κ3) is 3.57. The van der Waals surface area contributed by atoms with Crippen molar-refractivity contribution < 1.29 is 12.8 Å². The molecule has 0 aliphatic heterocycles. The van der Waals surface area contributed by atoms with E-state index < -0.39 is 15.8 Å². The van der Waals surface area contributed by atoms with Crippen molar-refractivity contribution in [3.8, 4) is 11.8 Å². The molecule has 1 aromatic carbocycles. The van der Waals surface area contributed by atoms with Crippen LogP contribution >= 0.6 is 0 Å². The Labute approximate surface area is 119 Å². The van der Waals surface area contributed by atoms with Gasteiger partial charge in [-0.2, -0.15) is 4.31 Å². The molecule has 110 valence electrons. The number of hydrogen-bond acceptors (Lipinski definition) is 3. The van der Waals surface area contributed by atoms with E-state index in [9.17, 15) is 12.8 Å². The standard InChI is InChI=1S/C14H19FN2O2S/c1-4-17(11(2)3)20(18,19)14-8-7-13(15)10-12(14)6-5-9-16/h7-8,10-11H,4,9,16H2,1-3H3. The second-order valence-corrected chi connectivity index (χ2v) is 6.31. The lowest BCUT2D eigenvalue weighted by Crippen LogP contribution is -2.37. The fraction of sp³-hybridized carbons (Fsp3) is 0.429. The predicted octanol–water partition coefficient (Wildman–Crippen LogP) is 1.55. The van der Waals surface area contributed by atoms with Crippen LogP contribution in [0, 0.1) is 17.7 Å². The Hall–Kier alpha value is -1.42. The minimum Gasteiger partial charge on any atom is -0.320 e. The lowest BCUT2D eigenvalue weighted by Gasteiger charge is -2.24. The van der Waals surface area contributed by atoms with Crippen LogP contribution in [-0.4, -0.2) is 31.9 Å². The van der Waals surface area contributed by atoms with Crippen LogP contribution in [-0.2, 0) is 10.0 Å². The maximum Gasteiger partial charge on any atom is 0.244 e. The summed E-state index contributed by atoms with van der Waals surface area (Å²) in [6, 6.07) is 3.29. The molecule has 0 spiro atoms. The topological polar surface area (TPSA) is 63.4 Å². The SMILES string of the molecule is CCN(C(C)C)S(=O)(=O)c1ccc(F)cc1C#CCN. The molecule has 2 N–H and O–H groups in total. The summed E-state index contributed by atoms with van der Waals surface area (Å²) in [5, 5.41) is 0. The molecule has 0 fully saturated rings. The van der Waals surface area contributed by atoms with Crippen molar-refractivity contribution in [1.82, 2.24) is 4.31 Å². The van der Waals surface area contributed by atoms with Crippen molar-refractivity contribution in [3.05, 3.63) is 29.6 Å². The zero-order chi connectivity index (χ0) is 15.3. The van der Waals surface area contributed by atoms with Crippen molar-refractivity contribution >= 4 is 10.0 Å². The van der Waals surface area contributed by atoms with Crippen LogP contribution in [0.2, 0.25) is 0 Å². The molecule has 20 heavy (non-hydrogen) atoms. The van der Waals surface area contributed by atoms with E-state index in [0.717, 1.165) is 12.1 Å². The minimum atomic E-state index is -3.70. The fourth-order valence-electron chi connectivity index (χ4n) is 1.91. The number of nitrogens with two attached hydrogens (primary N) is 1. The van der Waals surface area contributed by atoms with E-state index >= 15 is 0 Å². The number of sulfonamides is 1. The van der Waals surface area contributed by atoms with Crippen LogP contribution in [0.5, 0.6) is 0 Å². The Morgan fingerprint density at radius 1 is 1.40 bits per heavy atom. The first kappa shape index (κ1) is 16.6. The summed E-state index contributed by atoms with van der Waals surface area (Å²) in [6.45, 7) is 5.75. The van der Waals surface area contributed by atoms with E-state index in [1.807, 2.05) is 0 Å². The monoisotopic (exact) mass is 298 g/mol. The molecule has 0 aliphatic carbocycles. The van der Waals surface area contributed by atoms with Gasteiger partial charge in [-0.3, -0.25) is 0 Å². The maximum atomic E-state index is 13.3. The van der Waals surface area contributed by atoms with Crippen LogP contribution in [0.3, 0.4) is 0 Å². The predicted molar refractivity (Wildman–Crippen MR) is 77.0 cm³/mol. The second-order valence-electron chi connectivity index (χ2n) is 4.45. The highest BCUT2D eigenvalue weighted by molar-refractivity contribution is 7.89. The van der Waals surface area contributed by atoms with Gasteiger partial charge in [0.15, 0.2) is 0 Å². The van der Waals surface area contributed by atoms with E-state index in [2.05, 4.69) is 11.8 Å². The molecular weight excluding hydrogens is 279 g/mol. The number of halogens is 1. The Bertz CT molecular complexity index is 630. The van der Waals surface area contributed by atoms with E-state index in [0.29, 0.717) is 6.54 Å². The summed E-state index contributed by atoms with van der Waals surface area (Å²) >= 11 is 0. The molecule has 0 aromatic heterocycles. The maximum absolute atomic E-state index is 13.3. The summed E-state index contributed by atoms with van der Waals surface area (Å²) in [5.74, 6) is 4.65. The van der Waals surface area contributed by atoms with E-state index in [1.54, 1.807) is 20.8 Å². The quantitative estimate of drug-likeness (QED) is 0.858. The molecule has 0 saturated heterocycles. The summed E-state index contributed by atoms with van der Waals surface area (Å²) < 4.78 is 39.8. The van der Waals surface area contributed by atoms with Gasteiger partial charge in [-0.05, 0) is 32.0 Å². The molecule has 0 aliphatic rings. The van der Waals surface area contributed by atoms with Gasteiger partial charge in [0, 0.05) is 18.2 Å². The highest BCUT2D eigenvalue weighted by atomic mass is 32.2. The van der Waals surface area contributed by atoms with E-state index in [4.69, 9.17) is 5.73 Å². The van der Waals surface area contributed by atoms with Gasteiger partial charge in [-0.25, -0.2) is 12.8 Å². The van der Waals surface area contributed by atoms with Gasteiger partial charge in [-0.15, -0.1) is 0 Å². The van der Waals surface area contributed by atoms with Crippen LogP contribution in [0.4, 0.5) is 4.39 Å². The molecule has 0 heterocycles. The summed E-state index contributed by atoms with van der Waals surface area (Å²) in [4.78, 5) is 0.00963. The van der Waals surface area contributed by atoms with E-state index in [1.165, 1.54) is 10.4 Å². The third-order valence-corrected chi connectivity index (χ3v) is 4.95. The number of benzene rings is 1. The first-order valence-corrected chi connectivity index (χ1v) is 7.79. The third-order valence-electron chi connectivity index (χ3n) is 2.74. The number of hydrogen-bond donors (Lipinski definition) is 1. The lowest BCUT2D eigenvalue weighted by atomic mass is 10.2. The highest BCUT2D eigenvalue weighted by Gasteiger charge is 2.27. The fourth-order valence-corrected chi connectivity index (χ4v) is 3.69. The number of rotatable bonds is 4. The number of nitrogens with zero attached hydrogens (tertiary/aromatic N) is 1. The average Bonchev–Trinajstić information content (AvgIpc) is 2.35. The van der Waals surface area contributed by atoms with Crippen LogP contribution in [0.1, 0.15) is 26.3 Å². The summed E-state index contributed by atoms with van der Waals surface area (Å²) in [6.07, 6.45) is 0. The van der Waals surface area contributed by atoms with Gasteiger partial charge in [0.2, 0.25) is 10.0 Å². The largest absolute Gasteiger partial charge is 0.320 e. The lowest BCUT2D eigenvalue weighted by molar-refractivity contribution is 0.369.